The number of anilines is 1. The van der Waals surface area contributed by atoms with Crippen molar-refractivity contribution in [2.24, 2.45) is 0 Å². The number of rotatable bonds is 4. The molecule has 2 fully saturated rings. The normalized spacial score (nSPS) is 26.0. The molecule has 0 amide bonds. The van der Waals surface area contributed by atoms with Crippen LogP contribution in [0.25, 0.3) is 0 Å². The minimum Gasteiger partial charge on any atom is -0.372 e. The molecule has 1 aromatic rings. The van der Waals surface area contributed by atoms with Gasteiger partial charge in [-0.3, -0.25) is 0 Å². The second-order valence-corrected chi connectivity index (χ2v) is 7.03. The van der Waals surface area contributed by atoms with E-state index in [1.54, 1.807) is 0 Å². The smallest absolute Gasteiger partial charge is 0.203 e. The summed E-state index contributed by atoms with van der Waals surface area (Å²) in [6.07, 6.45) is 15.8. The van der Waals surface area contributed by atoms with Gasteiger partial charge in [-0.05, 0) is 32.4 Å². The van der Waals surface area contributed by atoms with Crippen LogP contribution in [0, 0.1) is 0 Å². The van der Waals surface area contributed by atoms with E-state index in [-0.39, 0.29) is 0 Å². The van der Waals surface area contributed by atoms with Crippen LogP contribution < -0.4 is 5.32 Å². The Kier molecular flexibility index (Phi) is 4.12. The van der Waals surface area contributed by atoms with Crippen LogP contribution in [0.4, 0.5) is 5.95 Å². The standard InChI is InChI=1S/C18H27N5/c1-21-10-12-22(13-11-21)17-7-2-4-15(14-17)20-18-19-8-9-23(18)16-5-3-6-16/h2,4,7-9,15-16H,3,5-6,10-14H2,1H3,(H,19,20). The van der Waals surface area contributed by atoms with E-state index < -0.39 is 0 Å². The second kappa shape index (κ2) is 6.40. The maximum Gasteiger partial charge on any atom is 0.203 e. The third kappa shape index (κ3) is 3.15. The molecule has 0 radical (unpaired) electrons. The SMILES string of the molecule is CN1CCN(C2=CC=CC(Nc3nccn3C3CCC3)C2)CC1. The maximum absolute atomic E-state index is 4.54. The van der Waals surface area contributed by atoms with Gasteiger partial charge in [0.15, 0.2) is 0 Å². The van der Waals surface area contributed by atoms with Gasteiger partial charge in [-0.2, -0.15) is 0 Å². The molecule has 5 heteroatoms. The van der Waals surface area contributed by atoms with Crippen molar-refractivity contribution in [3.63, 3.8) is 0 Å². The molecule has 0 spiro atoms. The molecule has 2 aliphatic carbocycles. The molecule has 2 heterocycles. The third-order valence-electron chi connectivity index (χ3n) is 5.42. The molecule has 0 aromatic carbocycles. The van der Waals surface area contributed by atoms with Crippen LogP contribution in [0.15, 0.2) is 36.3 Å². The van der Waals surface area contributed by atoms with E-state index in [0.29, 0.717) is 12.1 Å². The Morgan fingerprint density at radius 3 is 2.74 bits per heavy atom. The monoisotopic (exact) mass is 313 g/mol. The minimum atomic E-state index is 0.343. The van der Waals surface area contributed by atoms with Crippen LogP contribution in [0.3, 0.4) is 0 Å². The summed E-state index contributed by atoms with van der Waals surface area (Å²) in [6, 6.07) is 0.996. The number of piperazine rings is 1. The number of nitrogens with one attached hydrogen (secondary N) is 1. The van der Waals surface area contributed by atoms with Gasteiger partial charge in [0.25, 0.3) is 0 Å². The van der Waals surface area contributed by atoms with Crippen molar-refractivity contribution in [3.05, 3.63) is 36.3 Å². The minimum absolute atomic E-state index is 0.343. The summed E-state index contributed by atoms with van der Waals surface area (Å²) in [7, 11) is 2.21. The van der Waals surface area contributed by atoms with Crippen molar-refractivity contribution in [2.75, 3.05) is 38.5 Å². The van der Waals surface area contributed by atoms with Crippen molar-refractivity contribution in [1.29, 1.82) is 0 Å². The number of allylic oxidation sites excluding steroid dienone is 2. The van der Waals surface area contributed by atoms with E-state index in [9.17, 15) is 0 Å². The molecule has 1 atom stereocenters. The summed E-state index contributed by atoms with van der Waals surface area (Å²) in [5, 5.41) is 3.64. The van der Waals surface area contributed by atoms with Gasteiger partial charge in [-0.15, -0.1) is 0 Å². The fourth-order valence-corrected chi connectivity index (χ4v) is 3.64. The molecule has 1 aliphatic heterocycles. The molecule has 1 aromatic heterocycles. The van der Waals surface area contributed by atoms with E-state index in [1.807, 2.05) is 6.20 Å². The Labute approximate surface area is 138 Å². The van der Waals surface area contributed by atoms with Crippen LogP contribution in [0.1, 0.15) is 31.7 Å². The van der Waals surface area contributed by atoms with Crippen molar-refractivity contribution in [3.8, 4) is 0 Å². The van der Waals surface area contributed by atoms with Gasteiger partial charge in [0.05, 0.1) is 6.04 Å². The molecule has 3 aliphatic rings. The summed E-state index contributed by atoms with van der Waals surface area (Å²) in [6.45, 7) is 4.59. The van der Waals surface area contributed by atoms with Gasteiger partial charge in [0.2, 0.25) is 5.95 Å². The zero-order valence-corrected chi connectivity index (χ0v) is 14.0. The van der Waals surface area contributed by atoms with Gasteiger partial charge in [0.1, 0.15) is 0 Å². The third-order valence-corrected chi connectivity index (χ3v) is 5.42. The summed E-state index contributed by atoms with van der Waals surface area (Å²) >= 11 is 0. The summed E-state index contributed by atoms with van der Waals surface area (Å²) in [4.78, 5) is 9.48. The molecule has 124 valence electrons. The number of hydrogen-bond donors (Lipinski definition) is 1. The van der Waals surface area contributed by atoms with Crippen molar-refractivity contribution in [1.82, 2.24) is 19.4 Å². The van der Waals surface area contributed by atoms with Crippen molar-refractivity contribution < 1.29 is 0 Å². The Hall–Kier alpha value is -1.75. The lowest BCUT2D eigenvalue weighted by Crippen LogP contribution is -2.44. The van der Waals surface area contributed by atoms with Crippen molar-refractivity contribution in [2.45, 2.75) is 37.8 Å². The lowest BCUT2D eigenvalue weighted by molar-refractivity contribution is 0.181. The number of aromatic nitrogens is 2. The van der Waals surface area contributed by atoms with Crippen LogP contribution in [-0.4, -0.2) is 58.6 Å². The van der Waals surface area contributed by atoms with E-state index >= 15 is 0 Å². The Morgan fingerprint density at radius 2 is 2.00 bits per heavy atom. The van der Waals surface area contributed by atoms with Gasteiger partial charge in [0, 0.05) is 56.7 Å². The number of likely N-dealkylation sites (N-methyl/N-ethyl adjacent to an activating group) is 1. The zero-order valence-electron chi connectivity index (χ0n) is 14.0. The highest BCUT2D eigenvalue weighted by atomic mass is 15.3. The first kappa shape index (κ1) is 14.8. The molecule has 1 saturated carbocycles. The molecule has 1 unspecified atom stereocenters. The number of nitrogens with zero attached hydrogens (tertiary/aromatic N) is 4. The quantitative estimate of drug-likeness (QED) is 0.926. The fourth-order valence-electron chi connectivity index (χ4n) is 3.64. The fraction of sp³-hybridized carbons (Fsp3) is 0.611. The van der Waals surface area contributed by atoms with Gasteiger partial charge >= 0.3 is 0 Å². The van der Waals surface area contributed by atoms with Gasteiger partial charge in [-0.1, -0.05) is 12.2 Å². The Bertz CT molecular complexity index is 590. The zero-order chi connectivity index (χ0) is 15.6. The predicted molar refractivity (Wildman–Crippen MR) is 93.4 cm³/mol. The van der Waals surface area contributed by atoms with Gasteiger partial charge < -0.3 is 19.7 Å². The van der Waals surface area contributed by atoms with Gasteiger partial charge in [-0.25, -0.2) is 4.98 Å². The molecule has 4 rings (SSSR count). The average molecular weight is 313 g/mol. The first-order chi connectivity index (χ1) is 11.3. The Balaban J connectivity index is 1.39. The van der Waals surface area contributed by atoms with E-state index in [1.165, 1.54) is 25.0 Å². The summed E-state index contributed by atoms with van der Waals surface area (Å²) < 4.78 is 2.32. The molecular weight excluding hydrogens is 286 g/mol. The highest BCUT2D eigenvalue weighted by Gasteiger charge is 2.24. The molecule has 1 saturated heterocycles. The average Bonchev–Trinajstić information content (AvgIpc) is 2.94. The van der Waals surface area contributed by atoms with Crippen LogP contribution >= 0.6 is 0 Å². The second-order valence-electron chi connectivity index (χ2n) is 7.03. The molecule has 5 nitrogen and oxygen atoms in total. The Morgan fingerprint density at radius 1 is 1.17 bits per heavy atom. The molecule has 0 bridgehead atoms. The maximum atomic E-state index is 4.54. The largest absolute Gasteiger partial charge is 0.372 e. The molecular formula is C18H27N5. The van der Waals surface area contributed by atoms with Crippen molar-refractivity contribution >= 4 is 5.95 Å². The highest BCUT2D eigenvalue weighted by molar-refractivity contribution is 5.35. The predicted octanol–water partition coefficient (Wildman–Crippen LogP) is 2.48. The summed E-state index contributed by atoms with van der Waals surface area (Å²) in [5.41, 5.74) is 1.46. The van der Waals surface area contributed by atoms with E-state index in [2.05, 4.69) is 56.1 Å². The van der Waals surface area contributed by atoms with Crippen LogP contribution in [0.2, 0.25) is 0 Å². The summed E-state index contributed by atoms with van der Waals surface area (Å²) in [5.74, 6) is 1.03. The molecule has 1 N–H and O–H groups in total. The molecule has 23 heavy (non-hydrogen) atoms. The van der Waals surface area contributed by atoms with Crippen LogP contribution in [0.5, 0.6) is 0 Å². The first-order valence-electron chi connectivity index (χ1n) is 8.90. The lowest BCUT2D eigenvalue weighted by Gasteiger charge is -2.37. The highest BCUT2D eigenvalue weighted by Crippen LogP contribution is 2.34. The van der Waals surface area contributed by atoms with Crippen LogP contribution in [-0.2, 0) is 0 Å². The van der Waals surface area contributed by atoms with E-state index in [4.69, 9.17) is 0 Å². The first-order valence-corrected chi connectivity index (χ1v) is 8.90. The number of imidazole rings is 1. The number of hydrogen-bond acceptors (Lipinski definition) is 4. The lowest BCUT2D eigenvalue weighted by atomic mass is 9.93. The topological polar surface area (TPSA) is 36.3 Å². The van der Waals surface area contributed by atoms with E-state index in [0.717, 1.165) is 38.5 Å².